The lowest BCUT2D eigenvalue weighted by molar-refractivity contribution is -0.134. The van der Waals surface area contributed by atoms with Crippen LogP contribution in [0.25, 0.3) is 0 Å². The first-order chi connectivity index (χ1) is 4.81. The van der Waals surface area contributed by atoms with Crippen molar-refractivity contribution in [3.05, 3.63) is 37.0 Å². The van der Waals surface area contributed by atoms with E-state index in [2.05, 4.69) is 11.3 Å². The van der Waals surface area contributed by atoms with E-state index in [4.69, 9.17) is 0 Å². The molecule has 0 amide bonds. The molecule has 0 unspecified atom stereocenters. The maximum absolute atomic E-state index is 10.4. The molecule has 0 aliphatic rings. The fourth-order valence-corrected chi connectivity index (χ4v) is 0.345. The second-order valence-electron chi connectivity index (χ2n) is 1.50. The largest absolute Gasteiger partial charge is 0.466 e. The summed E-state index contributed by atoms with van der Waals surface area (Å²) in [6.07, 6.45) is 7.97. The van der Waals surface area contributed by atoms with Crippen LogP contribution in [-0.2, 0) is 9.53 Å². The third kappa shape index (κ3) is 4.84. The Morgan fingerprint density at radius 3 is 2.60 bits per heavy atom. The average molecular weight is 138 g/mol. The van der Waals surface area contributed by atoms with Gasteiger partial charge in [-0.1, -0.05) is 30.9 Å². The summed E-state index contributed by atoms with van der Waals surface area (Å²) in [6, 6.07) is 0. The molecule has 0 fully saturated rings. The summed E-state index contributed by atoms with van der Waals surface area (Å²) in [7, 11) is 1.34. The molecule has 54 valence electrons. The maximum atomic E-state index is 10.4. The number of hydrogen-bond acceptors (Lipinski definition) is 2. The topological polar surface area (TPSA) is 26.3 Å². The van der Waals surface area contributed by atoms with E-state index in [0.29, 0.717) is 0 Å². The van der Waals surface area contributed by atoms with Crippen molar-refractivity contribution in [1.82, 2.24) is 0 Å². The lowest BCUT2D eigenvalue weighted by Gasteiger charge is -1.85. The smallest absolute Gasteiger partial charge is 0.330 e. The Labute approximate surface area is 60.5 Å². The van der Waals surface area contributed by atoms with Crippen LogP contribution in [0.2, 0.25) is 0 Å². The van der Waals surface area contributed by atoms with Crippen LogP contribution in [-0.4, -0.2) is 13.1 Å². The zero-order valence-corrected chi connectivity index (χ0v) is 5.91. The highest BCUT2D eigenvalue weighted by Gasteiger charge is 1.85. The molecule has 0 rings (SSSR count). The number of ether oxygens (including phenoxy) is 1. The molecule has 0 saturated heterocycles. The van der Waals surface area contributed by atoms with E-state index in [1.807, 2.05) is 0 Å². The first-order valence-electron chi connectivity index (χ1n) is 2.85. The minimum atomic E-state index is -0.353. The number of carbonyl (C=O) groups is 1. The third-order valence-corrected chi connectivity index (χ3v) is 0.792. The van der Waals surface area contributed by atoms with Crippen LogP contribution in [0.4, 0.5) is 0 Å². The van der Waals surface area contributed by atoms with Crippen LogP contribution >= 0.6 is 0 Å². The van der Waals surface area contributed by atoms with Crippen molar-refractivity contribution in [1.29, 1.82) is 0 Å². The van der Waals surface area contributed by atoms with E-state index in [-0.39, 0.29) is 5.97 Å². The van der Waals surface area contributed by atoms with Gasteiger partial charge in [-0.05, 0) is 0 Å². The Morgan fingerprint density at radius 2 is 2.10 bits per heavy atom. The van der Waals surface area contributed by atoms with Gasteiger partial charge in [0.2, 0.25) is 0 Å². The summed E-state index contributed by atoms with van der Waals surface area (Å²) in [4.78, 5) is 10.4. The SMILES string of the molecule is C=C/C=C\C=C\C(=O)OC. The minimum Gasteiger partial charge on any atom is -0.466 e. The summed E-state index contributed by atoms with van der Waals surface area (Å²) in [5.41, 5.74) is 0. The normalized spacial score (nSPS) is 10.5. The number of allylic oxidation sites excluding steroid dienone is 4. The van der Waals surface area contributed by atoms with Crippen molar-refractivity contribution in [2.75, 3.05) is 7.11 Å². The molecular weight excluding hydrogens is 128 g/mol. The van der Waals surface area contributed by atoms with Crippen LogP contribution in [0.15, 0.2) is 37.0 Å². The van der Waals surface area contributed by atoms with E-state index in [0.717, 1.165) is 0 Å². The van der Waals surface area contributed by atoms with E-state index >= 15 is 0 Å². The van der Waals surface area contributed by atoms with Gasteiger partial charge in [0.25, 0.3) is 0 Å². The van der Waals surface area contributed by atoms with E-state index in [1.54, 1.807) is 24.3 Å². The van der Waals surface area contributed by atoms with Crippen molar-refractivity contribution in [3.63, 3.8) is 0 Å². The van der Waals surface area contributed by atoms with Gasteiger partial charge < -0.3 is 4.74 Å². The highest BCUT2D eigenvalue weighted by molar-refractivity contribution is 5.82. The quantitative estimate of drug-likeness (QED) is 0.335. The molecule has 0 heterocycles. The molecule has 0 aromatic carbocycles. The van der Waals surface area contributed by atoms with Crippen LogP contribution in [0, 0.1) is 0 Å². The molecule has 2 nitrogen and oxygen atoms in total. The second-order valence-corrected chi connectivity index (χ2v) is 1.50. The molecule has 0 N–H and O–H groups in total. The lowest BCUT2D eigenvalue weighted by atomic mass is 10.4. The van der Waals surface area contributed by atoms with E-state index in [1.165, 1.54) is 13.2 Å². The summed E-state index contributed by atoms with van der Waals surface area (Å²) in [5, 5.41) is 0. The zero-order chi connectivity index (χ0) is 7.82. The molecule has 0 radical (unpaired) electrons. The highest BCUT2D eigenvalue weighted by Crippen LogP contribution is 1.80. The Morgan fingerprint density at radius 1 is 1.40 bits per heavy atom. The van der Waals surface area contributed by atoms with Crippen molar-refractivity contribution >= 4 is 5.97 Å². The number of hydrogen-bond donors (Lipinski definition) is 0. The van der Waals surface area contributed by atoms with Crippen LogP contribution in [0.1, 0.15) is 0 Å². The fraction of sp³-hybridized carbons (Fsp3) is 0.125. The molecule has 0 spiro atoms. The van der Waals surface area contributed by atoms with Crippen molar-refractivity contribution < 1.29 is 9.53 Å². The van der Waals surface area contributed by atoms with Gasteiger partial charge >= 0.3 is 5.97 Å². The van der Waals surface area contributed by atoms with Gasteiger partial charge in [-0.25, -0.2) is 4.79 Å². The van der Waals surface area contributed by atoms with Gasteiger partial charge in [-0.2, -0.15) is 0 Å². The number of carbonyl (C=O) groups excluding carboxylic acids is 1. The Balaban J connectivity index is 3.65. The second kappa shape index (κ2) is 5.82. The summed E-state index contributed by atoms with van der Waals surface area (Å²) < 4.78 is 4.34. The summed E-state index contributed by atoms with van der Waals surface area (Å²) in [6.45, 7) is 3.46. The minimum absolute atomic E-state index is 0.353. The summed E-state index contributed by atoms with van der Waals surface area (Å²) >= 11 is 0. The molecule has 0 bridgehead atoms. The molecule has 0 aromatic rings. The van der Waals surface area contributed by atoms with Gasteiger partial charge in [0.15, 0.2) is 0 Å². The Hall–Kier alpha value is -1.31. The summed E-state index contributed by atoms with van der Waals surface area (Å²) in [5.74, 6) is -0.353. The van der Waals surface area contributed by atoms with Gasteiger partial charge in [0, 0.05) is 6.08 Å². The maximum Gasteiger partial charge on any atom is 0.330 e. The first-order valence-corrected chi connectivity index (χ1v) is 2.85. The highest BCUT2D eigenvalue weighted by atomic mass is 16.5. The molecule has 0 aromatic heterocycles. The number of rotatable bonds is 3. The predicted molar refractivity (Wildman–Crippen MR) is 40.5 cm³/mol. The van der Waals surface area contributed by atoms with Crippen molar-refractivity contribution in [2.24, 2.45) is 0 Å². The van der Waals surface area contributed by atoms with Gasteiger partial charge in [-0.3, -0.25) is 0 Å². The molecular formula is C8H10O2. The van der Waals surface area contributed by atoms with Gasteiger partial charge in [0.05, 0.1) is 7.11 Å². The van der Waals surface area contributed by atoms with Crippen molar-refractivity contribution in [3.8, 4) is 0 Å². The Kier molecular flexibility index (Phi) is 5.06. The predicted octanol–water partition coefficient (Wildman–Crippen LogP) is 1.46. The van der Waals surface area contributed by atoms with Gasteiger partial charge in [-0.15, -0.1) is 0 Å². The molecule has 0 aliphatic carbocycles. The van der Waals surface area contributed by atoms with E-state index in [9.17, 15) is 4.79 Å². The van der Waals surface area contributed by atoms with E-state index < -0.39 is 0 Å². The molecule has 2 heteroatoms. The lowest BCUT2D eigenvalue weighted by Crippen LogP contribution is -1.92. The van der Waals surface area contributed by atoms with Gasteiger partial charge in [0.1, 0.15) is 0 Å². The molecule has 0 saturated carbocycles. The molecule has 0 atom stereocenters. The standard InChI is InChI=1S/C8H10O2/c1-3-4-5-6-7-8(9)10-2/h3-7H,1H2,2H3/b5-4-,7-6+. The monoisotopic (exact) mass is 138 g/mol. The fourth-order valence-electron chi connectivity index (χ4n) is 0.345. The zero-order valence-electron chi connectivity index (χ0n) is 5.91. The van der Waals surface area contributed by atoms with Crippen LogP contribution < -0.4 is 0 Å². The van der Waals surface area contributed by atoms with Crippen LogP contribution in [0.5, 0.6) is 0 Å². The molecule has 0 aliphatic heterocycles. The average Bonchev–Trinajstić information content (AvgIpc) is 1.98. The van der Waals surface area contributed by atoms with Crippen LogP contribution in [0.3, 0.4) is 0 Å². The number of esters is 1. The third-order valence-electron chi connectivity index (χ3n) is 0.792. The molecule has 10 heavy (non-hydrogen) atoms. The van der Waals surface area contributed by atoms with Crippen molar-refractivity contribution in [2.45, 2.75) is 0 Å². The Bertz CT molecular complexity index is 166. The first kappa shape index (κ1) is 8.69. The number of methoxy groups -OCH3 is 1.